The molecule has 0 bridgehead atoms. The smallest absolute Gasteiger partial charge is 0.239 e. The van der Waals surface area contributed by atoms with Crippen LogP contribution in [0.3, 0.4) is 0 Å². The van der Waals surface area contributed by atoms with E-state index < -0.39 is 0 Å². The summed E-state index contributed by atoms with van der Waals surface area (Å²) in [5.41, 5.74) is 0. The third-order valence-corrected chi connectivity index (χ3v) is 4.91. The van der Waals surface area contributed by atoms with Crippen LogP contribution in [0.15, 0.2) is 0 Å². The highest BCUT2D eigenvalue weighted by molar-refractivity contribution is 7.99. The maximum Gasteiger partial charge on any atom is 0.239 e. The van der Waals surface area contributed by atoms with Gasteiger partial charge in [-0.2, -0.15) is 11.8 Å². The Balaban J connectivity index is 1.80. The molecule has 0 aromatic heterocycles. The number of thioether (sulfide) groups is 1. The molecule has 2 saturated heterocycles. The Labute approximate surface area is 109 Å². The molecule has 98 valence electrons. The van der Waals surface area contributed by atoms with Gasteiger partial charge >= 0.3 is 0 Å². The van der Waals surface area contributed by atoms with E-state index in [2.05, 4.69) is 35.8 Å². The van der Waals surface area contributed by atoms with Gasteiger partial charge in [0.15, 0.2) is 0 Å². The van der Waals surface area contributed by atoms with E-state index >= 15 is 0 Å². The van der Waals surface area contributed by atoms with Gasteiger partial charge in [0.1, 0.15) is 0 Å². The number of rotatable bonds is 4. The highest BCUT2D eigenvalue weighted by Crippen LogP contribution is 2.27. The normalized spacial score (nSPS) is 30.3. The average Bonchev–Trinajstić information content (AvgIpc) is 2.62. The first-order valence-corrected chi connectivity index (χ1v) is 7.88. The van der Waals surface area contributed by atoms with E-state index in [0.717, 1.165) is 19.5 Å². The van der Waals surface area contributed by atoms with Crippen LogP contribution in [-0.4, -0.2) is 47.0 Å². The van der Waals surface area contributed by atoms with Crippen molar-refractivity contribution in [2.75, 3.05) is 18.8 Å². The summed E-state index contributed by atoms with van der Waals surface area (Å²) in [5, 5.41) is 4.05. The minimum absolute atomic E-state index is 0.0728. The van der Waals surface area contributed by atoms with Crippen LogP contribution in [0.1, 0.15) is 39.5 Å². The van der Waals surface area contributed by atoms with Crippen molar-refractivity contribution in [1.82, 2.24) is 10.2 Å². The van der Waals surface area contributed by atoms with Crippen molar-refractivity contribution in [3.63, 3.8) is 0 Å². The second-order valence-electron chi connectivity index (χ2n) is 5.44. The second kappa shape index (κ2) is 6.10. The topological polar surface area (TPSA) is 32.3 Å². The molecule has 0 saturated carbocycles. The fourth-order valence-electron chi connectivity index (χ4n) is 2.67. The molecule has 2 aliphatic rings. The summed E-state index contributed by atoms with van der Waals surface area (Å²) in [6, 6.07) is 0.469. The van der Waals surface area contributed by atoms with Gasteiger partial charge in [0.25, 0.3) is 0 Å². The fraction of sp³-hybridized carbons (Fsp3) is 0.923. The summed E-state index contributed by atoms with van der Waals surface area (Å²) in [4.78, 5) is 14.2. The van der Waals surface area contributed by atoms with Gasteiger partial charge in [-0.05, 0) is 25.0 Å². The van der Waals surface area contributed by atoms with Crippen molar-refractivity contribution in [2.24, 2.45) is 0 Å². The molecule has 2 aliphatic heterocycles. The standard InChI is InChI=1S/C13H24N2OS/c1-10(2)14-12-6-7-15(13(12)16)9-11-5-3-4-8-17-11/h10-12,14H,3-9H2,1-2H3. The summed E-state index contributed by atoms with van der Waals surface area (Å²) >= 11 is 2.05. The van der Waals surface area contributed by atoms with Crippen LogP contribution in [0.4, 0.5) is 0 Å². The minimum Gasteiger partial charge on any atom is -0.340 e. The Morgan fingerprint density at radius 1 is 1.41 bits per heavy atom. The lowest BCUT2D eigenvalue weighted by Gasteiger charge is -2.26. The molecule has 4 heteroatoms. The molecule has 2 atom stereocenters. The van der Waals surface area contributed by atoms with Crippen molar-refractivity contribution in [2.45, 2.75) is 56.9 Å². The first kappa shape index (κ1) is 13.2. The van der Waals surface area contributed by atoms with Crippen molar-refractivity contribution in [1.29, 1.82) is 0 Å². The molecular formula is C13H24N2OS. The van der Waals surface area contributed by atoms with Crippen LogP contribution in [0.2, 0.25) is 0 Å². The van der Waals surface area contributed by atoms with E-state index in [4.69, 9.17) is 0 Å². The molecule has 0 spiro atoms. The molecule has 1 N–H and O–H groups in total. The highest BCUT2D eigenvalue weighted by atomic mass is 32.2. The number of hydrogen-bond donors (Lipinski definition) is 1. The predicted molar refractivity (Wildman–Crippen MR) is 73.4 cm³/mol. The fourth-order valence-corrected chi connectivity index (χ4v) is 4.00. The Kier molecular flexibility index (Phi) is 4.74. The summed E-state index contributed by atoms with van der Waals surface area (Å²) in [5.74, 6) is 1.60. The van der Waals surface area contributed by atoms with Crippen molar-refractivity contribution in [3.8, 4) is 0 Å². The van der Waals surface area contributed by atoms with Gasteiger partial charge in [0.05, 0.1) is 6.04 Å². The van der Waals surface area contributed by atoms with E-state index in [0.29, 0.717) is 17.2 Å². The maximum atomic E-state index is 12.2. The number of hydrogen-bond acceptors (Lipinski definition) is 3. The lowest BCUT2D eigenvalue weighted by molar-refractivity contribution is -0.129. The molecule has 1 amide bonds. The molecule has 0 aromatic carbocycles. The van der Waals surface area contributed by atoms with E-state index in [9.17, 15) is 4.79 Å². The zero-order valence-corrected chi connectivity index (χ0v) is 11.8. The SMILES string of the molecule is CC(C)NC1CCN(CC2CCCCS2)C1=O. The van der Waals surface area contributed by atoms with Crippen molar-refractivity contribution >= 4 is 17.7 Å². The molecule has 2 unspecified atom stereocenters. The third-order valence-electron chi connectivity index (χ3n) is 3.53. The van der Waals surface area contributed by atoms with Gasteiger partial charge in [0.2, 0.25) is 5.91 Å². The molecule has 2 heterocycles. The van der Waals surface area contributed by atoms with Crippen LogP contribution in [-0.2, 0) is 4.79 Å². The van der Waals surface area contributed by atoms with Gasteiger partial charge in [-0.1, -0.05) is 20.3 Å². The maximum absolute atomic E-state index is 12.2. The van der Waals surface area contributed by atoms with E-state index in [1.54, 1.807) is 0 Å². The largest absolute Gasteiger partial charge is 0.340 e. The zero-order chi connectivity index (χ0) is 12.3. The number of amides is 1. The van der Waals surface area contributed by atoms with Crippen molar-refractivity contribution in [3.05, 3.63) is 0 Å². The van der Waals surface area contributed by atoms with Crippen LogP contribution < -0.4 is 5.32 Å². The monoisotopic (exact) mass is 256 g/mol. The summed E-state index contributed by atoms with van der Waals surface area (Å²) in [6.07, 6.45) is 4.96. The van der Waals surface area contributed by atoms with Gasteiger partial charge in [0, 0.05) is 24.4 Å². The summed E-state index contributed by atoms with van der Waals surface area (Å²) in [6.45, 7) is 6.12. The van der Waals surface area contributed by atoms with Crippen molar-refractivity contribution < 1.29 is 4.79 Å². The summed E-state index contributed by atoms with van der Waals surface area (Å²) < 4.78 is 0. The Hall–Kier alpha value is -0.220. The van der Waals surface area contributed by atoms with E-state index in [1.165, 1.54) is 25.0 Å². The van der Waals surface area contributed by atoms with Gasteiger partial charge in [-0.15, -0.1) is 0 Å². The molecular weight excluding hydrogens is 232 g/mol. The number of nitrogens with one attached hydrogen (secondary N) is 1. The number of carbonyl (C=O) groups excluding carboxylic acids is 1. The first-order valence-electron chi connectivity index (χ1n) is 6.83. The molecule has 2 rings (SSSR count). The quantitative estimate of drug-likeness (QED) is 0.833. The van der Waals surface area contributed by atoms with Gasteiger partial charge in [-0.25, -0.2) is 0 Å². The lowest BCUT2D eigenvalue weighted by atomic mass is 10.2. The molecule has 0 aromatic rings. The molecule has 0 aliphatic carbocycles. The zero-order valence-electron chi connectivity index (χ0n) is 10.9. The minimum atomic E-state index is 0.0728. The molecule has 17 heavy (non-hydrogen) atoms. The molecule has 0 radical (unpaired) electrons. The molecule has 2 fully saturated rings. The number of carbonyl (C=O) groups is 1. The molecule has 3 nitrogen and oxygen atoms in total. The number of likely N-dealkylation sites (tertiary alicyclic amines) is 1. The van der Waals surface area contributed by atoms with Gasteiger partial charge in [-0.3, -0.25) is 4.79 Å². The van der Waals surface area contributed by atoms with E-state index in [1.807, 2.05) is 0 Å². The first-order chi connectivity index (χ1) is 8.16. The third kappa shape index (κ3) is 3.62. The lowest BCUT2D eigenvalue weighted by Crippen LogP contribution is -2.43. The predicted octanol–water partition coefficient (Wildman–Crippen LogP) is 1.87. The second-order valence-corrected chi connectivity index (χ2v) is 6.84. The highest BCUT2D eigenvalue weighted by Gasteiger charge is 2.33. The Morgan fingerprint density at radius 3 is 2.88 bits per heavy atom. The average molecular weight is 256 g/mol. The van der Waals surface area contributed by atoms with Crippen LogP contribution in [0, 0.1) is 0 Å². The van der Waals surface area contributed by atoms with Crippen LogP contribution in [0.5, 0.6) is 0 Å². The number of nitrogens with zero attached hydrogens (tertiary/aromatic N) is 1. The Morgan fingerprint density at radius 2 is 2.24 bits per heavy atom. The van der Waals surface area contributed by atoms with Crippen LogP contribution >= 0.6 is 11.8 Å². The Bertz CT molecular complexity index is 264. The summed E-state index contributed by atoms with van der Waals surface area (Å²) in [7, 11) is 0. The van der Waals surface area contributed by atoms with Gasteiger partial charge < -0.3 is 10.2 Å². The van der Waals surface area contributed by atoms with Crippen LogP contribution in [0.25, 0.3) is 0 Å². The van der Waals surface area contributed by atoms with E-state index in [-0.39, 0.29) is 6.04 Å².